The van der Waals surface area contributed by atoms with E-state index < -0.39 is 0 Å². The number of hydrogen-bond donors (Lipinski definition) is 1. The summed E-state index contributed by atoms with van der Waals surface area (Å²) in [6, 6.07) is 0. The minimum atomic E-state index is 0.486. The van der Waals surface area contributed by atoms with Gasteiger partial charge in [0.25, 0.3) is 0 Å². The van der Waals surface area contributed by atoms with Crippen LogP contribution in [-0.2, 0) is 4.79 Å². The van der Waals surface area contributed by atoms with E-state index in [1.54, 1.807) is 17.9 Å². The molecule has 0 aromatic rings. The Morgan fingerprint density at radius 3 is 2.67 bits per heavy atom. The van der Waals surface area contributed by atoms with Crippen molar-refractivity contribution in [3.05, 3.63) is 5.70 Å². The van der Waals surface area contributed by atoms with Gasteiger partial charge in [-0.05, 0) is 0 Å². The van der Waals surface area contributed by atoms with Gasteiger partial charge in [-0.3, -0.25) is 0 Å². The molecule has 0 unspecified atom stereocenters. The Bertz CT molecular complexity index is 191. The van der Waals surface area contributed by atoms with Gasteiger partial charge in [0, 0.05) is 19.2 Å². The normalized spacial score (nSPS) is 18.6. The van der Waals surface area contributed by atoms with Gasteiger partial charge in [0.1, 0.15) is 11.6 Å². The number of allylic oxidation sites excluding steroid dienone is 1. The van der Waals surface area contributed by atoms with Crippen molar-refractivity contribution < 1.29 is 4.79 Å². The zero-order chi connectivity index (χ0) is 6.85. The van der Waals surface area contributed by atoms with Gasteiger partial charge in [-0.15, -0.1) is 0 Å². The summed E-state index contributed by atoms with van der Waals surface area (Å²) in [5.74, 6) is 1.80. The van der Waals surface area contributed by atoms with E-state index in [-0.39, 0.29) is 0 Å². The number of carbonyl (C=O) groups excluding carboxylic acids is 1. The standard InChI is InChI=1S/C6H8N2O/c1-8-3-5(7)2-6(8)4-9/h7H,2-3H2,1H3. The van der Waals surface area contributed by atoms with Gasteiger partial charge >= 0.3 is 0 Å². The molecule has 1 saturated heterocycles. The predicted molar refractivity (Wildman–Crippen MR) is 34.2 cm³/mol. The fraction of sp³-hybridized carbons (Fsp3) is 0.500. The molecule has 48 valence electrons. The Hall–Kier alpha value is -1.08. The van der Waals surface area contributed by atoms with E-state index in [9.17, 15) is 4.79 Å². The van der Waals surface area contributed by atoms with Crippen molar-refractivity contribution in [2.24, 2.45) is 0 Å². The Morgan fingerprint density at radius 1 is 1.78 bits per heavy atom. The molecule has 1 aliphatic heterocycles. The van der Waals surface area contributed by atoms with Crippen molar-refractivity contribution in [2.45, 2.75) is 6.42 Å². The first kappa shape index (κ1) is 6.05. The molecule has 0 amide bonds. The number of hydrogen-bond acceptors (Lipinski definition) is 3. The molecule has 0 aromatic carbocycles. The van der Waals surface area contributed by atoms with Crippen LogP contribution in [0.2, 0.25) is 0 Å². The zero-order valence-corrected chi connectivity index (χ0v) is 5.27. The number of likely N-dealkylation sites (tertiary alicyclic amines) is 1. The van der Waals surface area contributed by atoms with Crippen molar-refractivity contribution in [3.63, 3.8) is 0 Å². The summed E-state index contributed by atoms with van der Waals surface area (Å²) in [6.45, 7) is 0.588. The maximum Gasteiger partial charge on any atom is 0.146 e. The Kier molecular flexibility index (Phi) is 1.37. The molecule has 0 aromatic heterocycles. The maximum atomic E-state index is 10.1. The third-order valence-corrected chi connectivity index (χ3v) is 1.39. The maximum absolute atomic E-state index is 10.1. The summed E-state index contributed by atoms with van der Waals surface area (Å²) in [5.41, 5.74) is 1.19. The highest BCUT2D eigenvalue weighted by Crippen LogP contribution is 2.11. The van der Waals surface area contributed by atoms with Crippen molar-refractivity contribution >= 4 is 11.7 Å². The van der Waals surface area contributed by atoms with E-state index in [1.165, 1.54) is 0 Å². The minimum Gasteiger partial charge on any atom is -0.363 e. The summed E-state index contributed by atoms with van der Waals surface area (Å²) >= 11 is 0. The topological polar surface area (TPSA) is 44.2 Å². The molecule has 1 heterocycles. The second-order valence-electron chi connectivity index (χ2n) is 2.19. The fourth-order valence-corrected chi connectivity index (χ4v) is 0.889. The SMILES string of the molecule is CN1CC(=N)CC1=C=O. The summed E-state index contributed by atoms with van der Waals surface area (Å²) in [4.78, 5) is 11.8. The monoisotopic (exact) mass is 124 g/mol. The van der Waals surface area contributed by atoms with Gasteiger partial charge in [0.15, 0.2) is 0 Å². The fourth-order valence-electron chi connectivity index (χ4n) is 0.889. The molecule has 0 bridgehead atoms. The average Bonchev–Trinajstić information content (AvgIpc) is 2.10. The van der Waals surface area contributed by atoms with Gasteiger partial charge in [0.05, 0.1) is 6.54 Å². The molecule has 0 saturated carbocycles. The molecular formula is C6H8N2O. The zero-order valence-electron chi connectivity index (χ0n) is 5.27. The lowest BCUT2D eigenvalue weighted by Gasteiger charge is -2.05. The first-order valence-corrected chi connectivity index (χ1v) is 2.75. The number of rotatable bonds is 0. The highest BCUT2D eigenvalue weighted by Gasteiger charge is 2.17. The van der Waals surface area contributed by atoms with E-state index in [1.807, 2.05) is 0 Å². The van der Waals surface area contributed by atoms with Crippen molar-refractivity contribution in [1.29, 1.82) is 5.41 Å². The van der Waals surface area contributed by atoms with Gasteiger partial charge in [-0.25, -0.2) is 4.79 Å². The largest absolute Gasteiger partial charge is 0.363 e. The molecule has 0 atom stereocenters. The molecular weight excluding hydrogens is 116 g/mol. The van der Waals surface area contributed by atoms with Crippen LogP contribution >= 0.6 is 0 Å². The molecule has 1 aliphatic rings. The van der Waals surface area contributed by atoms with Crippen LogP contribution in [0.15, 0.2) is 5.70 Å². The van der Waals surface area contributed by atoms with Gasteiger partial charge in [-0.2, -0.15) is 0 Å². The molecule has 0 aliphatic carbocycles. The van der Waals surface area contributed by atoms with E-state index in [4.69, 9.17) is 5.41 Å². The third-order valence-electron chi connectivity index (χ3n) is 1.39. The summed E-state index contributed by atoms with van der Waals surface area (Å²) in [7, 11) is 1.79. The quantitative estimate of drug-likeness (QED) is 0.464. The summed E-state index contributed by atoms with van der Waals surface area (Å²) in [5, 5.41) is 7.17. The van der Waals surface area contributed by atoms with E-state index in [0.29, 0.717) is 24.4 Å². The Labute approximate surface area is 53.5 Å². The predicted octanol–water partition coefficient (Wildman–Crippen LogP) is 0.0572. The Balaban J connectivity index is 2.81. The molecule has 0 spiro atoms. The first-order valence-electron chi connectivity index (χ1n) is 2.75. The molecule has 9 heavy (non-hydrogen) atoms. The van der Waals surface area contributed by atoms with Crippen LogP contribution in [0.5, 0.6) is 0 Å². The molecule has 0 radical (unpaired) electrons. The van der Waals surface area contributed by atoms with Crippen LogP contribution in [0.1, 0.15) is 6.42 Å². The van der Waals surface area contributed by atoms with Crippen LogP contribution < -0.4 is 0 Å². The van der Waals surface area contributed by atoms with E-state index in [2.05, 4.69) is 0 Å². The first-order chi connectivity index (χ1) is 4.24. The molecule has 1 fully saturated rings. The van der Waals surface area contributed by atoms with Gasteiger partial charge in [0.2, 0.25) is 0 Å². The van der Waals surface area contributed by atoms with Crippen LogP contribution in [0.25, 0.3) is 0 Å². The lowest BCUT2D eigenvalue weighted by Crippen LogP contribution is -2.12. The highest BCUT2D eigenvalue weighted by atomic mass is 16.1. The third kappa shape index (κ3) is 1.00. The number of nitrogens with one attached hydrogen (secondary N) is 1. The average molecular weight is 124 g/mol. The summed E-state index contributed by atoms with van der Waals surface area (Å²) < 4.78 is 0. The number of nitrogens with zero attached hydrogens (tertiary/aromatic N) is 1. The molecule has 3 heteroatoms. The smallest absolute Gasteiger partial charge is 0.146 e. The second-order valence-corrected chi connectivity index (χ2v) is 2.19. The lowest BCUT2D eigenvalue weighted by atomic mass is 10.3. The van der Waals surface area contributed by atoms with E-state index >= 15 is 0 Å². The minimum absolute atomic E-state index is 0.486. The van der Waals surface area contributed by atoms with Crippen LogP contribution in [0.3, 0.4) is 0 Å². The van der Waals surface area contributed by atoms with Crippen LogP contribution in [-0.4, -0.2) is 30.1 Å². The van der Waals surface area contributed by atoms with Crippen LogP contribution in [0, 0.1) is 5.41 Å². The van der Waals surface area contributed by atoms with Crippen molar-refractivity contribution in [3.8, 4) is 0 Å². The molecule has 1 N–H and O–H groups in total. The highest BCUT2D eigenvalue weighted by molar-refractivity contribution is 5.90. The van der Waals surface area contributed by atoms with Gasteiger partial charge in [-0.1, -0.05) is 0 Å². The molecule has 3 nitrogen and oxygen atoms in total. The van der Waals surface area contributed by atoms with Crippen LogP contribution in [0.4, 0.5) is 0 Å². The second kappa shape index (κ2) is 2.03. The molecule has 1 rings (SSSR count). The van der Waals surface area contributed by atoms with E-state index in [0.717, 1.165) is 0 Å². The lowest BCUT2D eigenvalue weighted by molar-refractivity contribution is 0.495. The van der Waals surface area contributed by atoms with Crippen molar-refractivity contribution in [2.75, 3.05) is 13.6 Å². The van der Waals surface area contributed by atoms with Crippen molar-refractivity contribution in [1.82, 2.24) is 4.90 Å². The summed E-state index contributed by atoms with van der Waals surface area (Å²) in [6.07, 6.45) is 0.486. The van der Waals surface area contributed by atoms with Gasteiger partial charge < -0.3 is 10.3 Å². The Morgan fingerprint density at radius 2 is 2.44 bits per heavy atom.